The van der Waals surface area contributed by atoms with E-state index in [1.807, 2.05) is 0 Å². The molecule has 0 saturated carbocycles. The molecule has 1 aromatic heterocycles. The minimum absolute atomic E-state index is 0.00221. The zero-order valence-corrected chi connectivity index (χ0v) is 17.1. The maximum Gasteiger partial charge on any atom is 0.270 e. The normalized spacial score (nSPS) is 15.7. The Morgan fingerprint density at radius 1 is 1.06 bits per heavy atom. The molecule has 2 aromatic carbocycles. The first-order valence-corrected chi connectivity index (χ1v) is 11.0. The van der Waals surface area contributed by atoms with Gasteiger partial charge < -0.3 is 9.88 Å². The molecule has 9 nitrogen and oxygen atoms in total. The van der Waals surface area contributed by atoms with Crippen LogP contribution in [0.15, 0.2) is 53.6 Å². The number of hydrogen-bond acceptors (Lipinski definition) is 5. The second-order valence-electron chi connectivity index (χ2n) is 7.19. The average Bonchev–Trinajstić information content (AvgIpc) is 3.00. The van der Waals surface area contributed by atoms with Crippen LogP contribution in [0.4, 0.5) is 10.1 Å². The minimum atomic E-state index is -3.81. The summed E-state index contributed by atoms with van der Waals surface area (Å²) in [4.78, 5) is 28.1. The quantitative estimate of drug-likeness (QED) is 0.489. The van der Waals surface area contributed by atoms with Crippen molar-refractivity contribution in [3.63, 3.8) is 0 Å². The predicted octanol–water partition coefficient (Wildman–Crippen LogP) is 2.75. The topological polar surface area (TPSA) is 117 Å². The maximum atomic E-state index is 13.1. The molecule has 2 heterocycles. The van der Waals surface area contributed by atoms with E-state index in [9.17, 15) is 27.7 Å². The van der Waals surface area contributed by atoms with Crippen LogP contribution in [0.5, 0.6) is 0 Å². The first kappa shape index (κ1) is 20.9. The summed E-state index contributed by atoms with van der Waals surface area (Å²) in [6, 6.07) is 8.88. The van der Waals surface area contributed by atoms with Gasteiger partial charge in [-0.25, -0.2) is 12.8 Å². The van der Waals surface area contributed by atoms with Crippen molar-refractivity contribution in [2.75, 3.05) is 26.2 Å². The Morgan fingerprint density at radius 3 is 2.52 bits per heavy atom. The van der Waals surface area contributed by atoms with Gasteiger partial charge in [0.25, 0.3) is 11.6 Å². The number of halogens is 1. The van der Waals surface area contributed by atoms with E-state index in [0.717, 1.165) is 12.1 Å². The molecule has 0 unspecified atom stereocenters. The van der Waals surface area contributed by atoms with Gasteiger partial charge >= 0.3 is 0 Å². The van der Waals surface area contributed by atoms with Crippen LogP contribution in [0.1, 0.15) is 16.8 Å². The number of H-pyrrole nitrogens is 1. The van der Waals surface area contributed by atoms with E-state index in [-0.39, 0.29) is 36.1 Å². The van der Waals surface area contributed by atoms with Gasteiger partial charge in [0.05, 0.1) is 15.4 Å². The van der Waals surface area contributed by atoms with Crippen LogP contribution in [0.25, 0.3) is 10.9 Å². The smallest absolute Gasteiger partial charge is 0.270 e. The van der Waals surface area contributed by atoms with Gasteiger partial charge in [0.15, 0.2) is 0 Å². The van der Waals surface area contributed by atoms with E-state index >= 15 is 0 Å². The van der Waals surface area contributed by atoms with E-state index in [1.54, 1.807) is 11.0 Å². The number of sulfonamides is 1. The number of fused-ring (bicyclic) bond motifs is 1. The highest BCUT2D eigenvalue weighted by atomic mass is 32.2. The van der Waals surface area contributed by atoms with E-state index in [2.05, 4.69) is 4.98 Å². The molecule has 31 heavy (non-hydrogen) atoms. The van der Waals surface area contributed by atoms with E-state index in [0.29, 0.717) is 29.4 Å². The molecule has 11 heteroatoms. The van der Waals surface area contributed by atoms with Gasteiger partial charge in [-0.1, -0.05) is 0 Å². The van der Waals surface area contributed by atoms with Gasteiger partial charge in [0, 0.05) is 55.4 Å². The molecule has 1 amide bonds. The number of benzene rings is 2. The first-order chi connectivity index (χ1) is 14.8. The molecule has 1 aliphatic heterocycles. The van der Waals surface area contributed by atoms with Crippen molar-refractivity contribution in [3.8, 4) is 0 Å². The fourth-order valence-electron chi connectivity index (χ4n) is 3.66. The van der Waals surface area contributed by atoms with E-state index in [4.69, 9.17) is 0 Å². The number of aromatic nitrogens is 1. The number of nitro benzene ring substituents is 1. The number of carbonyl (C=O) groups is 1. The van der Waals surface area contributed by atoms with E-state index in [1.165, 1.54) is 34.8 Å². The van der Waals surface area contributed by atoms with Crippen LogP contribution in [0.2, 0.25) is 0 Å². The molecule has 162 valence electrons. The Hall–Kier alpha value is -3.31. The van der Waals surface area contributed by atoms with Gasteiger partial charge in [-0.3, -0.25) is 14.9 Å². The third kappa shape index (κ3) is 4.01. The molecule has 0 radical (unpaired) electrons. The second kappa shape index (κ2) is 8.08. The van der Waals surface area contributed by atoms with Crippen molar-refractivity contribution in [2.45, 2.75) is 11.3 Å². The Kier molecular flexibility index (Phi) is 5.46. The first-order valence-electron chi connectivity index (χ1n) is 9.58. The van der Waals surface area contributed by atoms with Gasteiger partial charge in [-0.05, 0) is 36.8 Å². The second-order valence-corrected chi connectivity index (χ2v) is 9.13. The van der Waals surface area contributed by atoms with E-state index < -0.39 is 20.8 Å². The summed E-state index contributed by atoms with van der Waals surface area (Å²) in [5, 5.41) is 11.5. The largest absolute Gasteiger partial charge is 0.360 e. The molecule has 1 saturated heterocycles. The number of nitrogens with one attached hydrogen (secondary N) is 1. The molecule has 1 N–H and O–H groups in total. The lowest BCUT2D eigenvalue weighted by Gasteiger charge is -2.22. The molecule has 0 bridgehead atoms. The lowest BCUT2D eigenvalue weighted by atomic mass is 10.1. The van der Waals surface area contributed by atoms with Crippen LogP contribution in [0.3, 0.4) is 0 Å². The fourth-order valence-corrected chi connectivity index (χ4v) is 5.13. The number of aromatic amines is 1. The molecular formula is C20H19FN4O5S. The van der Waals surface area contributed by atoms with Gasteiger partial charge in [-0.2, -0.15) is 4.31 Å². The Balaban J connectivity index is 1.54. The van der Waals surface area contributed by atoms with Crippen molar-refractivity contribution >= 4 is 32.5 Å². The third-order valence-electron chi connectivity index (χ3n) is 5.30. The predicted molar refractivity (Wildman–Crippen MR) is 111 cm³/mol. The van der Waals surface area contributed by atoms with Crippen LogP contribution < -0.4 is 0 Å². The maximum absolute atomic E-state index is 13.1. The fraction of sp³-hybridized carbons (Fsp3) is 0.250. The van der Waals surface area contributed by atoms with Crippen molar-refractivity contribution in [2.24, 2.45) is 0 Å². The Bertz CT molecular complexity index is 1260. The SMILES string of the molecule is O=C(c1c[nH]c2ccc([N+](=O)[O-])cc12)N1CCCN(S(=O)(=O)c2ccc(F)cc2)CC1. The van der Waals surface area contributed by atoms with Crippen molar-refractivity contribution in [3.05, 3.63) is 70.2 Å². The lowest BCUT2D eigenvalue weighted by Crippen LogP contribution is -2.37. The zero-order valence-electron chi connectivity index (χ0n) is 16.3. The number of rotatable bonds is 4. The highest BCUT2D eigenvalue weighted by Crippen LogP contribution is 2.25. The Labute approximate surface area is 177 Å². The number of nitro groups is 1. The van der Waals surface area contributed by atoms with Crippen molar-refractivity contribution < 1.29 is 22.5 Å². The molecule has 1 aliphatic rings. The van der Waals surface area contributed by atoms with Gasteiger partial charge in [-0.15, -0.1) is 0 Å². The molecule has 0 aliphatic carbocycles. The van der Waals surface area contributed by atoms with Crippen molar-refractivity contribution in [1.29, 1.82) is 0 Å². The van der Waals surface area contributed by atoms with Crippen LogP contribution in [-0.2, 0) is 10.0 Å². The highest BCUT2D eigenvalue weighted by Gasteiger charge is 2.29. The summed E-state index contributed by atoms with van der Waals surface area (Å²) < 4.78 is 40.2. The Morgan fingerprint density at radius 2 is 1.81 bits per heavy atom. The van der Waals surface area contributed by atoms with Gasteiger partial charge in [0.2, 0.25) is 10.0 Å². The molecule has 0 spiro atoms. The van der Waals surface area contributed by atoms with Crippen molar-refractivity contribution in [1.82, 2.24) is 14.2 Å². The lowest BCUT2D eigenvalue weighted by molar-refractivity contribution is -0.384. The van der Waals surface area contributed by atoms with Crippen LogP contribution >= 0.6 is 0 Å². The van der Waals surface area contributed by atoms with Gasteiger partial charge in [0.1, 0.15) is 5.82 Å². The molecular weight excluding hydrogens is 427 g/mol. The number of carbonyl (C=O) groups excluding carboxylic acids is 1. The standard InChI is InChI=1S/C20H19FN4O5S/c21-14-2-5-16(6-3-14)31(29,30)24-9-1-8-23(10-11-24)20(26)18-13-22-19-7-4-15(25(27)28)12-17(18)19/h2-7,12-13,22H,1,8-11H2. The summed E-state index contributed by atoms with van der Waals surface area (Å²) in [5.41, 5.74) is 0.784. The molecule has 1 fully saturated rings. The van der Waals surface area contributed by atoms with Crippen LogP contribution in [0, 0.1) is 15.9 Å². The number of amides is 1. The number of non-ortho nitro benzene ring substituents is 1. The molecule has 4 rings (SSSR count). The highest BCUT2D eigenvalue weighted by molar-refractivity contribution is 7.89. The summed E-state index contributed by atoms with van der Waals surface area (Å²) >= 11 is 0. The molecule has 3 aromatic rings. The summed E-state index contributed by atoms with van der Waals surface area (Å²) in [5.74, 6) is -0.849. The van der Waals surface area contributed by atoms with Crippen LogP contribution in [-0.4, -0.2) is 59.6 Å². The number of nitrogens with zero attached hydrogens (tertiary/aromatic N) is 3. The monoisotopic (exact) mass is 446 g/mol. The average molecular weight is 446 g/mol. The number of hydrogen-bond donors (Lipinski definition) is 1. The third-order valence-corrected chi connectivity index (χ3v) is 7.21. The molecule has 0 atom stereocenters. The summed E-state index contributed by atoms with van der Waals surface area (Å²) in [7, 11) is -3.81. The summed E-state index contributed by atoms with van der Waals surface area (Å²) in [6.45, 7) is 0.827. The summed E-state index contributed by atoms with van der Waals surface area (Å²) in [6.07, 6.45) is 1.93. The minimum Gasteiger partial charge on any atom is -0.360 e. The zero-order chi connectivity index (χ0) is 22.2.